The number of amides is 1. The molecule has 0 bridgehead atoms. The van der Waals surface area contributed by atoms with Crippen LogP contribution in [0.1, 0.15) is 27.5 Å². The minimum absolute atomic E-state index is 0.251. The molecule has 5 nitrogen and oxygen atoms in total. The standard InChI is InChI=1S/C15H13NO4/c17-12-7-9-3-1-2-4-11(9)14(12)16-15(19)10-5-6-13(18)20-8-10/h1-6,8,12,14,17H,7H2,(H,16,19). The Hall–Kier alpha value is -2.40. The smallest absolute Gasteiger partial charge is 0.335 e. The molecule has 0 aliphatic heterocycles. The first-order chi connectivity index (χ1) is 9.65. The lowest BCUT2D eigenvalue weighted by molar-refractivity contribution is 0.0856. The number of carbonyl (C=O) groups excluding carboxylic acids is 1. The summed E-state index contributed by atoms with van der Waals surface area (Å²) < 4.78 is 4.66. The summed E-state index contributed by atoms with van der Waals surface area (Å²) in [6.45, 7) is 0. The summed E-state index contributed by atoms with van der Waals surface area (Å²) in [5.74, 6) is -0.380. The summed E-state index contributed by atoms with van der Waals surface area (Å²) in [6, 6.07) is 9.75. The van der Waals surface area contributed by atoms with Crippen molar-refractivity contribution >= 4 is 5.91 Å². The zero-order chi connectivity index (χ0) is 14.1. The summed E-state index contributed by atoms with van der Waals surface area (Å²) in [7, 11) is 0. The number of nitrogens with one attached hydrogen (secondary N) is 1. The van der Waals surface area contributed by atoms with Gasteiger partial charge >= 0.3 is 5.63 Å². The van der Waals surface area contributed by atoms with E-state index in [0.717, 1.165) is 17.4 Å². The van der Waals surface area contributed by atoms with Gasteiger partial charge in [0.25, 0.3) is 5.91 Å². The van der Waals surface area contributed by atoms with Gasteiger partial charge in [0, 0.05) is 12.5 Å². The quantitative estimate of drug-likeness (QED) is 0.855. The van der Waals surface area contributed by atoms with Gasteiger partial charge in [0.05, 0.1) is 17.7 Å². The van der Waals surface area contributed by atoms with E-state index in [2.05, 4.69) is 9.73 Å². The van der Waals surface area contributed by atoms with Crippen LogP contribution in [0.5, 0.6) is 0 Å². The fraction of sp³-hybridized carbons (Fsp3) is 0.200. The maximum absolute atomic E-state index is 12.1. The third kappa shape index (κ3) is 2.23. The van der Waals surface area contributed by atoms with E-state index < -0.39 is 17.8 Å². The second kappa shape index (κ2) is 4.94. The largest absolute Gasteiger partial charge is 0.430 e. The SMILES string of the molecule is O=C(NC1c2ccccc2CC1O)c1ccc(=O)oc1. The van der Waals surface area contributed by atoms with Crippen LogP contribution in [-0.4, -0.2) is 17.1 Å². The zero-order valence-corrected chi connectivity index (χ0v) is 10.6. The average molecular weight is 271 g/mol. The summed E-state index contributed by atoms with van der Waals surface area (Å²) >= 11 is 0. The highest BCUT2D eigenvalue weighted by Crippen LogP contribution is 2.31. The lowest BCUT2D eigenvalue weighted by Crippen LogP contribution is -2.33. The van der Waals surface area contributed by atoms with E-state index in [1.165, 1.54) is 12.1 Å². The van der Waals surface area contributed by atoms with Gasteiger partial charge in [-0.3, -0.25) is 4.79 Å². The highest BCUT2D eigenvalue weighted by atomic mass is 16.4. The molecule has 102 valence electrons. The molecule has 0 spiro atoms. The van der Waals surface area contributed by atoms with E-state index in [-0.39, 0.29) is 11.5 Å². The first kappa shape index (κ1) is 12.6. The highest BCUT2D eigenvalue weighted by molar-refractivity contribution is 5.94. The van der Waals surface area contributed by atoms with Crippen molar-refractivity contribution < 1.29 is 14.3 Å². The van der Waals surface area contributed by atoms with Gasteiger partial charge in [0.2, 0.25) is 0 Å². The second-order valence-corrected chi connectivity index (χ2v) is 4.76. The number of hydrogen-bond acceptors (Lipinski definition) is 4. The molecule has 1 aromatic carbocycles. The molecule has 0 saturated heterocycles. The van der Waals surface area contributed by atoms with Crippen molar-refractivity contribution in [2.24, 2.45) is 0 Å². The fourth-order valence-corrected chi connectivity index (χ4v) is 2.46. The maximum atomic E-state index is 12.1. The molecule has 3 rings (SSSR count). The third-order valence-corrected chi connectivity index (χ3v) is 3.45. The summed E-state index contributed by atoms with van der Waals surface area (Å²) in [4.78, 5) is 22.9. The van der Waals surface area contributed by atoms with Crippen LogP contribution in [0.4, 0.5) is 0 Å². The molecule has 1 amide bonds. The van der Waals surface area contributed by atoms with E-state index in [1.807, 2.05) is 24.3 Å². The molecule has 1 aliphatic carbocycles. The molecule has 0 saturated carbocycles. The van der Waals surface area contributed by atoms with Crippen LogP contribution in [0.2, 0.25) is 0 Å². The third-order valence-electron chi connectivity index (χ3n) is 3.45. The van der Waals surface area contributed by atoms with Crippen molar-refractivity contribution in [3.63, 3.8) is 0 Å². The number of rotatable bonds is 2. The molecule has 1 heterocycles. The van der Waals surface area contributed by atoms with Gasteiger partial charge in [0.15, 0.2) is 0 Å². The number of aliphatic hydroxyl groups is 1. The van der Waals surface area contributed by atoms with Gasteiger partial charge in [0.1, 0.15) is 6.26 Å². The number of hydrogen-bond donors (Lipinski definition) is 2. The average Bonchev–Trinajstić information content (AvgIpc) is 2.76. The van der Waals surface area contributed by atoms with Crippen molar-refractivity contribution in [2.75, 3.05) is 0 Å². The molecule has 2 N–H and O–H groups in total. The van der Waals surface area contributed by atoms with Gasteiger partial charge in [-0.25, -0.2) is 4.79 Å². The van der Waals surface area contributed by atoms with Crippen LogP contribution in [0, 0.1) is 0 Å². The molecule has 0 radical (unpaired) electrons. The van der Waals surface area contributed by atoms with Crippen LogP contribution in [0.25, 0.3) is 0 Å². The second-order valence-electron chi connectivity index (χ2n) is 4.76. The Bertz CT molecular complexity index is 687. The molecule has 2 atom stereocenters. The lowest BCUT2D eigenvalue weighted by atomic mass is 10.1. The summed E-state index contributed by atoms with van der Waals surface area (Å²) in [6.07, 6.45) is 0.989. The molecule has 1 aromatic heterocycles. The molecule has 1 aliphatic rings. The van der Waals surface area contributed by atoms with Crippen molar-refractivity contribution in [2.45, 2.75) is 18.6 Å². The Morgan fingerprint density at radius 1 is 1.25 bits per heavy atom. The minimum Gasteiger partial charge on any atom is -0.430 e. The van der Waals surface area contributed by atoms with Crippen LogP contribution in [-0.2, 0) is 6.42 Å². The number of benzene rings is 1. The van der Waals surface area contributed by atoms with Gasteiger partial charge in [-0.2, -0.15) is 0 Å². The topological polar surface area (TPSA) is 79.5 Å². The molecule has 2 unspecified atom stereocenters. The van der Waals surface area contributed by atoms with Gasteiger partial charge in [-0.15, -0.1) is 0 Å². The summed E-state index contributed by atoms with van der Waals surface area (Å²) in [5.41, 5.74) is 1.70. The summed E-state index contributed by atoms with van der Waals surface area (Å²) in [5, 5.41) is 12.8. The number of aliphatic hydroxyl groups excluding tert-OH is 1. The number of fused-ring (bicyclic) bond motifs is 1. The van der Waals surface area contributed by atoms with Crippen LogP contribution >= 0.6 is 0 Å². The molecule has 20 heavy (non-hydrogen) atoms. The molecule has 0 fully saturated rings. The Labute approximate surface area is 114 Å². The van der Waals surface area contributed by atoms with Gasteiger partial charge < -0.3 is 14.8 Å². The number of carbonyl (C=O) groups is 1. The molecule has 2 aromatic rings. The normalized spacial score (nSPS) is 20.4. The Balaban J connectivity index is 1.83. The van der Waals surface area contributed by atoms with E-state index >= 15 is 0 Å². The van der Waals surface area contributed by atoms with Gasteiger partial charge in [-0.1, -0.05) is 24.3 Å². The van der Waals surface area contributed by atoms with Crippen molar-refractivity contribution in [3.8, 4) is 0 Å². The lowest BCUT2D eigenvalue weighted by Gasteiger charge is -2.17. The first-order valence-corrected chi connectivity index (χ1v) is 6.31. The Morgan fingerprint density at radius 2 is 2.05 bits per heavy atom. The monoisotopic (exact) mass is 271 g/mol. The molecular weight excluding hydrogens is 258 g/mol. The molecular formula is C15H13NO4. The van der Waals surface area contributed by atoms with Crippen LogP contribution < -0.4 is 10.9 Å². The van der Waals surface area contributed by atoms with Crippen LogP contribution in [0.3, 0.4) is 0 Å². The Morgan fingerprint density at radius 3 is 2.80 bits per heavy atom. The predicted molar refractivity (Wildman–Crippen MR) is 71.3 cm³/mol. The Kier molecular flexibility index (Phi) is 3.12. The fourth-order valence-electron chi connectivity index (χ4n) is 2.46. The molecule has 5 heteroatoms. The zero-order valence-electron chi connectivity index (χ0n) is 10.6. The van der Waals surface area contributed by atoms with E-state index in [9.17, 15) is 14.7 Å². The van der Waals surface area contributed by atoms with E-state index in [4.69, 9.17) is 0 Å². The maximum Gasteiger partial charge on any atom is 0.335 e. The highest BCUT2D eigenvalue weighted by Gasteiger charge is 2.32. The predicted octanol–water partition coefficient (Wildman–Crippen LogP) is 1.03. The minimum atomic E-state index is -0.646. The van der Waals surface area contributed by atoms with E-state index in [1.54, 1.807) is 0 Å². The van der Waals surface area contributed by atoms with Crippen LogP contribution in [0.15, 0.2) is 51.9 Å². The van der Waals surface area contributed by atoms with E-state index in [0.29, 0.717) is 6.42 Å². The van der Waals surface area contributed by atoms with Crippen molar-refractivity contribution in [1.29, 1.82) is 0 Å². The van der Waals surface area contributed by atoms with Crippen molar-refractivity contribution in [1.82, 2.24) is 5.32 Å². The van der Waals surface area contributed by atoms with Gasteiger partial charge in [-0.05, 0) is 17.2 Å². The first-order valence-electron chi connectivity index (χ1n) is 6.31. The van der Waals surface area contributed by atoms with Crippen molar-refractivity contribution in [3.05, 3.63) is 69.8 Å².